The maximum Gasteiger partial charge on any atom is 0.247 e. The molecule has 1 atom stereocenters. The second-order valence-corrected chi connectivity index (χ2v) is 6.09. The minimum absolute atomic E-state index is 0.424. The van der Waals surface area contributed by atoms with Crippen molar-refractivity contribution >= 4 is 5.95 Å². The van der Waals surface area contributed by atoms with Crippen LogP contribution in [0.1, 0.15) is 5.56 Å². The number of hydrogen-bond donors (Lipinski definition) is 2. The molecule has 124 valence electrons. The van der Waals surface area contributed by atoms with Gasteiger partial charge in [0.15, 0.2) is 0 Å². The van der Waals surface area contributed by atoms with E-state index in [1.165, 1.54) is 10.5 Å². The number of aromatic nitrogens is 4. The van der Waals surface area contributed by atoms with E-state index >= 15 is 0 Å². The predicted octanol–water partition coefficient (Wildman–Crippen LogP) is 0.830. The van der Waals surface area contributed by atoms with E-state index in [2.05, 4.69) is 59.2 Å². The van der Waals surface area contributed by atoms with Gasteiger partial charge in [-0.3, -0.25) is 0 Å². The summed E-state index contributed by atoms with van der Waals surface area (Å²) >= 11 is 0. The number of rotatable bonds is 7. The highest BCUT2D eigenvalue weighted by Gasteiger charge is 2.17. The molecule has 6 heteroatoms. The number of nitrogens with one attached hydrogen (secondary N) is 2. The fraction of sp³-hybridized carbons (Fsp3) is 0.278. The minimum Gasteiger partial charge on any atom is -0.347 e. The van der Waals surface area contributed by atoms with Crippen molar-refractivity contribution in [1.82, 2.24) is 20.2 Å². The average molecular weight is 323 g/mol. The second-order valence-electron chi connectivity index (χ2n) is 6.09. The van der Waals surface area contributed by atoms with Gasteiger partial charge in [-0.1, -0.05) is 53.6 Å². The van der Waals surface area contributed by atoms with Crippen LogP contribution in [0.25, 0.3) is 5.69 Å². The van der Waals surface area contributed by atoms with Gasteiger partial charge in [-0.25, -0.2) is 0 Å². The Morgan fingerprint density at radius 1 is 1.00 bits per heavy atom. The molecular formula is C18H23N6+. The number of anilines is 1. The molecule has 0 radical (unpaired) electrons. The topological polar surface area (TPSA) is 60.1 Å². The Kier molecular flexibility index (Phi) is 5.18. The van der Waals surface area contributed by atoms with Gasteiger partial charge in [-0.2, -0.15) is 4.68 Å². The molecule has 0 amide bonds. The number of likely N-dealkylation sites (N-methyl/N-ethyl adjacent to an activating group) is 1. The Morgan fingerprint density at radius 3 is 2.33 bits per heavy atom. The van der Waals surface area contributed by atoms with Crippen LogP contribution in [0.3, 0.4) is 0 Å². The van der Waals surface area contributed by atoms with E-state index in [-0.39, 0.29) is 0 Å². The van der Waals surface area contributed by atoms with Crippen molar-refractivity contribution in [3.05, 3.63) is 66.2 Å². The number of benzene rings is 2. The number of quaternary nitrogens is 1. The lowest BCUT2D eigenvalue weighted by Gasteiger charge is -2.22. The van der Waals surface area contributed by atoms with Gasteiger partial charge in [0.1, 0.15) is 6.04 Å². The molecule has 0 bridgehead atoms. The summed E-state index contributed by atoms with van der Waals surface area (Å²) in [7, 11) is 4.35. The van der Waals surface area contributed by atoms with E-state index in [0.717, 1.165) is 18.7 Å². The van der Waals surface area contributed by atoms with E-state index in [0.29, 0.717) is 12.0 Å². The lowest BCUT2D eigenvalue weighted by Crippen LogP contribution is -3.11. The highest BCUT2D eigenvalue weighted by Crippen LogP contribution is 2.10. The van der Waals surface area contributed by atoms with E-state index in [9.17, 15) is 0 Å². The van der Waals surface area contributed by atoms with Crippen LogP contribution in [0.2, 0.25) is 0 Å². The number of para-hydroxylation sites is 1. The molecule has 2 aromatic carbocycles. The third-order valence-electron chi connectivity index (χ3n) is 4.12. The molecule has 24 heavy (non-hydrogen) atoms. The summed E-state index contributed by atoms with van der Waals surface area (Å²) < 4.78 is 1.73. The highest BCUT2D eigenvalue weighted by molar-refractivity contribution is 5.38. The van der Waals surface area contributed by atoms with Crippen LogP contribution in [-0.4, -0.2) is 46.9 Å². The molecule has 6 nitrogen and oxygen atoms in total. The van der Waals surface area contributed by atoms with Crippen molar-refractivity contribution in [1.29, 1.82) is 0 Å². The summed E-state index contributed by atoms with van der Waals surface area (Å²) in [5.41, 5.74) is 2.29. The fourth-order valence-electron chi connectivity index (χ4n) is 2.63. The van der Waals surface area contributed by atoms with Crippen molar-refractivity contribution in [3.63, 3.8) is 0 Å². The van der Waals surface area contributed by atoms with Gasteiger partial charge in [0.25, 0.3) is 0 Å². The zero-order valence-corrected chi connectivity index (χ0v) is 14.1. The lowest BCUT2D eigenvalue weighted by molar-refractivity contribution is -0.883. The van der Waals surface area contributed by atoms with Crippen molar-refractivity contribution in [2.24, 2.45) is 0 Å². The van der Waals surface area contributed by atoms with Crippen molar-refractivity contribution in [2.45, 2.75) is 12.5 Å². The Labute approximate surface area is 142 Å². The third kappa shape index (κ3) is 3.97. The van der Waals surface area contributed by atoms with Crippen LogP contribution in [0.15, 0.2) is 60.7 Å². The third-order valence-corrected chi connectivity index (χ3v) is 4.12. The van der Waals surface area contributed by atoms with Crippen LogP contribution in [0.4, 0.5) is 5.95 Å². The van der Waals surface area contributed by atoms with Crippen molar-refractivity contribution < 1.29 is 4.90 Å². The standard InChI is InChI=1S/C18H22N6/c1-23(2)17(13-15-9-5-3-6-10-15)14-19-18-20-21-22-24(18)16-11-7-4-8-12-16/h3-12,17H,13-14H2,1-2H3,(H,19,20,22)/p+1/t17-/m0/s1. The van der Waals surface area contributed by atoms with Gasteiger partial charge in [0, 0.05) is 6.42 Å². The Hall–Kier alpha value is -2.73. The summed E-state index contributed by atoms with van der Waals surface area (Å²) in [6.45, 7) is 0.796. The summed E-state index contributed by atoms with van der Waals surface area (Å²) in [5, 5.41) is 15.4. The quantitative estimate of drug-likeness (QED) is 0.676. The molecule has 0 saturated carbocycles. The van der Waals surface area contributed by atoms with Crippen molar-refractivity contribution in [3.8, 4) is 5.69 Å². The SMILES string of the molecule is C[NH+](C)[C@H](CNc1nnnn1-c1ccccc1)Cc1ccccc1. The van der Waals surface area contributed by atoms with Gasteiger partial charge in [0.2, 0.25) is 5.95 Å². The summed E-state index contributed by atoms with van der Waals surface area (Å²) in [5.74, 6) is 0.667. The summed E-state index contributed by atoms with van der Waals surface area (Å²) in [6, 6.07) is 20.9. The summed E-state index contributed by atoms with van der Waals surface area (Å²) in [6.07, 6.45) is 1.00. The first-order valence-corrected chi connectivity index (χ1v) is 8.15. The second kappa shape index (κ2) is 7.70. The van der Waals surface area contributed by atoms with Gasteiger partial charge in [0.05, 0.1) is 26.3 Å². The minimum atomic E-state index is 0.424. The summed E-state index contributed by atoms with van der Waals surface area (Å²) in [4.78, 5) is 1.39. The van der Waals surface area contributed by atoms with Crippen molar-refractivity contribution in [2.75, 3.05) is 26.0 Å². The molecule has 0 spiro atoms. The van der Waals surface area contributed by atoms with E-state index < -0.39 is 0 Å². The van der Waals surface area contributed by atoms with Gasteiger partial charge < -0.3 is 10.2 Å². The van der Waals surface area contributed by atoms with Crippen LogP contribution < -0.4 is 10.2 Å². The van der Waals surface area contributed by atoms with Crippen LogP contribution >= 0.6 is 0 Å². The van der Waals surface area contributed by atoms with Gasteiger partial charge in [-0.05, 0) is 28.1 Å². The maximum absolute atomic E-state index is 4.11. The van der Waals surface area contributed by atoms with E-state index in [1.54, 1.807) is 4.68 Å². The van der Waals surface area contributed by atoms with Crippen LogP contribution in [0.5, 0.6) is 0 Å². The maximum atomic E-state index is 4.11. The smallest absolute Gasteiger partial charge is 0.247 e. The highest BCUT2D eigenvalue weighted by atomic mass is 15.6. The first-order valence-electron chi connectivity index (χ1n) is 8.15. The predicted molar refractivity (Wildman–Crippen MR) is 94.4 cm³/mol. The van der Waals surface area contributed by atoms with E-state index in [1.807, 2.05) is 36.4 Å². The largest absolute Gasteiger partial charge is 0.347 e. The monoisotopic (exact) mass is 323 g/mol. The Bertz CT molecular complexity index is 738. The molecule has 0 saturated heterocycles. The van der Waals surface area contributed by atoms with Gasteiger partial charge >= 0.3 is 0 Å². The van der Waals surface area contributed by atoms with E-state index in [4.69, 9.17) is 0 Å². The molecule has 0 aliphatic heterocycles. The number of hydrogen-bond acceptors (Lipinski definition) is 4. The molecule has 3 rings (SSSR count). The molecular weight excluding hydrogens is 300 g/mol. The normalized spacial score (nSPS) is 12.3. The molecule has 0 aliphatic rings. The van der Waals surface area contributed by atoms with Gasteiger partial charge in [-0.15, -0.1) is 0 Å². The number of nitrogens with zero attached hydrogens (tertiary/aromatic N) is 4. The zero-order chi connectivity index (χ0) is 16.8. The molecule has 2 N–H and O–H groups in total. The molecule has 3 aromatic rings. The molecule has 0 aliphatic carbocycles. The molecule has 0 unspecified atom stereocenters. The van der Waals surface area contributed by atoms with Crippen LogP contribution in [-0.2, 0) is 6.42 Å². The first-order chi connectivity index (χ1) is 11.7. The lowest BCUT2D eigenvalue weighted by atomic mass is 10.1. The fourth-order valence-corrected chi connectivity index (χ4v) is 2.63. The Balaban J connectivity index is 1.69. The Morgan fingerprint density at radius 2 is 1.67 bits per heavy atom. The molecule has 0 fully saturated rings. The number of tetrazole rings is 1. The molecule has 1 aromatic heterocycles. The zero-order valence-electron chi connectivity index (χ0n) is 14.1. The van der Waals surface area contributed by atoms with Crippen LogP contribution in [0, 0.1) is 0 Å². The first kappa shape index (κ1) is 16.1. The average Bonchev–Trinajstić information content (AvgIpc) is 3.08. The molecule has 1 heterocycles.